The Morgan fingerprint density at radius 2 is 1.83 bits per heavy atom. The molecule has 1 fully saturated rings. The van der Waals surface area contributed by atoms with Crippen molar-refractivity contribution in [3.8, 4) is 11.8 Å². The Kier molecular flexibility index (Phi) is 8.80. The van der Waals surface area contributed by atoms with E-state index in [9.17, 15) is 4.79 Å². The lowest BCUT2D eigenvalue weighted by molar-refractivity contribution is 0.00662. The molecule has 42 heavy (non-hydrogen) atoms. The number of hydrogen-bond acceptors (Lipinski definition) is 8. The second kappa shape index (κ2) is 12.7. The number of carbonyl (C=O) groups excluding carboxylic acids is 1. The maximum atomic E-state index is 12.7. The molecule has 0 radical (unpaired) electrons. The monoisotopic (exact) mass is 572 g/mol. The molecule has 3 heterocycles. The SMILES string of the molecule is CC(C)c1cnn2c(NCc3ccccc3OCc3ccccc3)nc(O[C@@H]3CCCN(C(=O)OC(C)(C)C)C3)nc12. The van der Waals surface area contributed by atoms with E-state index in [0.717, 1.165) is 35.3 Å². The molecule has 1 amide bonds. The predicted molar refractivity (Wildman–Crippen MR) is 161 cm³/mol. The van der Waals surface area contributed by atoms with Crippen LogP contribution in [0.25, 0.3) is 5.65 Å². The molecule has 4 aromatic rings. The van der Waals surface area contributed by atoms with Gasteiger partial charge in [0.2, 0.25) is 5.95 Å². The van der Waals surface area contributed by atoms with E-state index in [1.807, 2.05) is 81.6 Å². The molecule has 0 saturated carbocycles. The molecule has 10 nitrogen and oxygen atoms in total. The van der Waals surface area contributed by atoms with Gasteiger partial charge >= 0.3 is 12.1 Å². The summed E-state index contributed by atoms with van der Waals surface area (Å²) in [7, 11) is 0. The molecular formula is C32H40N6O4. The van der Waals surface area contributed by atoms with Crippen molar-refractivity contribution in [3.05, 3.63) is 77.5 Å². The van der Waals surface area contributed by atoms with Crippen molar-refractivity contribution in [2.75, 3.05) is 18.4 Å². The van der Waals surface area contributed by atoms with Crippen molar-refractivity contribution < 1.29 is 19.0 Å². The number of rotatable bonds is 9. The van der Waals surface area contributed by atoms with E-state index in [1.54, 1.807) is 9.42 Å². The average Bonchev–Trinajstić information content (AvgIpc) is 3.40. The number of fused-ring (bicyclic) bond motifs is 1. The van der Waals surface area contributed by atoms with Crippen molar-refractivity contribution in [2.24, 2.45) is 0 Å². The molecule has 2 aromatic carbocycles. The van der Waals surface area contributed by atoms with Crippen LogP contribution in [-0.2, 0) is 17.9 Å². The second-order valence-corrected chi connectivity index (χ2v) is 11.9. The van der Waals surface area contributed by atoms with Crippen LogP contribution in [-0.4, -0.2) is 55.4 Å². The zero-order valence-corrected chi connectivity index (χ0v) is 25.0. The average molecular weight is 573 g/mol. The third-order valence-corrected chi connectivity index (χ3v) is 6.95. The van der Waals surface area contributed by atoms with E-state index >= 15 is 0 Å². The lowest BCUT2D eigenvalue weighted by atomic mass is 10.1. The lowest BCUT2D eigenvalue weighted by Gasteiger charge is -2.33. The third-order valence-electron chi connectivity index (χ3n) is 6.95. The van der Waals surface area contributed by atoms with Gasteiger partial charge in [0, 0.05) is 24.2 Å². The fourth-order valence-corrected chi connectivity index (χ4v) is 4.83. The quantitative estimate of drug-likeness (QED) is 0.252. The van der Waals surface area contributed by atoms with Gasteiger partial charge in [0.1, 0.15) is 24.1 Å². The number of ether oxygens (including phenoxy) is 3. The largest absolute Gasteiger partial charge is 0.489 e. The third kappa shape index (κ3) is 7.29. The molecule has 0 bridgehead atoms. The molecule has 0 spiro atoms. The summed E-state index contributed by atoms with van der Waals surface area (Å²) >= 11 is 0. The van der Waals surface area contributed by atoms with E-state index < -0.39 is 5.60 Å². The van der Waals surface area contributed by atoms with Gasteiger partial charge in [0.25, 0.3) is 0 Å². The number of amides is 1. The first-order valence-corrected chi connectivity index (χ1v) is 14.5. The van der Waals surface area contributed by atoms with Gasteiger partial charge in [-0.3, -0.25) is 0 Å². The summed E-state index contributed by atoms with van der Waals surface area (Å²) in [6, 6.07) is 18.3. The highest BCUT2D eigenvalue weighted by Gasteiger charge is 2.29. The number of hydrogen-bond donors (Lipinski definition) is 1. The molecule has 0 aliphatic carbocycles. The summed E-state index contributed by atoms with van der Waals surface area (Å²) in [5, 5.41) is 8.01. The first-order chi connectivity index (χ1) is 20.2. The Hall–Kier alpha value is -4.34. The number of likely N-dealkylation sites (tertiary alicyclic amines) is 1. The smallest absolute Gasteiger partial charge is 0.410 e. The Labute approximate surface area is 247 Å². The first kappa shape index (κ1) is 29.2. The fourth-order valence-electron chi connectivity index (χ4n) is 4.83. The van der Waals surface area contributed by atoms with Crippen molar-refractivity contribution in [2.45, 2.75) is 78.2 Å². The molecule has 2 aromatic heterocycles. The van der Waals surface area contributed by atoms with E-state index in [4.69, 9.17) is 24.2 Å². The van der Waals surface area contributed by atoms with Crippen LogP contribution < -0.4 is 14.8 Å². The highest BCUT2D eigenvalue weighted by molar-refractivity contribution is 5.68. The highest BCUT2D eigenvalue weighted by atomic mass is 16.6. The van der Waals surface area contributed by atoms with E-state index in [0.29, 0.717) is 37.8 Å². The minimum Gasteiger partial charge on any atom is -0.489 e. The summed E-state index contributed by atoms with van der Waals surface area (Å²) < 4.78 is 19.8. The summed E-state index contributed by atoms with van der Waals surface area (Å²) in [5.74, 6) is 1.52. The van der Waals surface area contributed by atoms with Gasteiger partial charge in [0.05, 0.1) is 12.7 Å². The molecule has 0 unspecified atom stereocenters. The number of carbonyl (C=O) groups is 1. The van der Waals surface area contributed by atoms with Crippen LogP contribution in [0.2, 0.25) is 0 Å². The van der Waals surface area contributed by atoms with Gasteiger partial charge < -0.3 is 24.4 Å². The second-order valence-electron chi connectivity index (χ2n) is 11.9. The molecular weight excluding hydrogens is 532 g/mol. The van der Waals surface area contributed by atoms with Gasteiger partial charge in [0.15, 0.2) is 5.65 Å². The zero-order chi connectivity index (χ0) is 29.7. The number of aromatic nitrogens is 4. The van der Waals surface area contributed by atoms with Crippen LogP contribution >= 0.6 is 0 Å². The van der Waals surface area contributed by atoms with Gasteiger partial charge in [-0.2, -0.15) is 19.6 Å². The van der Waals surface area contributed by atoms with Gasteiger partial charge in [-0.25, -0.2) is 4.79 Å². The van der Waals surface area contributed by atoms with Gasteiger partial charge in [-0.15, -0.1) is 0 Å². The molecule has 1 saturated heterocycles. The van der Waals surface area contributed by atoms with Crippen LogP contribution in [0.15, 0.2) is 60.8 Å². The standard InChI is InChI=1S/C32H40N6O4/c1-22(2)26-19-34-38-28(26)35-30(41-25-15-11-17-37(20-25)31(39)42-32(3,4)5)36-29(38)33-18-24-14-9-10-16-27(24)40-21-23-12-7-6-8-13-23/h6-10,12-14,16,19,22,25H,11,15,17-18,20-21H2,1-5H3,(H,33,35,36)/t25-/m1/s1. The Bertz CT molecular complexity index is 1500. The van der Waals surface area contributed by atoms with Crippen molar-refractivity contribution in [1.29, 1.82) is 0 Å². The number of benzene rings is 2. The van der Waals surface area contributed by atoms with Crippen LogP contribution in [0.1, 0.15) is 70.1 Å². The van der Waals surface area contributed by atoms with Crippen LogP contribution in [0, 0.1) is 0 Å². The maximum absolute atomic E-state index is 12.7. The predicted octanol–water partition coefficient (Wildman–Crippen LogP) is 6.22. The fraction of sp³-hybridized carbons (Fsp3) is 0.438. The topological polar surface area (TPSA) is 103 Å². The molecule has 5 rings (SSSR count). The van der Waals surface area contributed by atoms with E-state index in [-0.39, 0.29) is 24.1 Å². The summed E-state index contributed by atoms with van der Waals surface area (Å²) in [6.45, 7) is 11.8. The number of nitrogens with zero attached hydrogens (tertiary/aromatic N) is 5. The maximum Gasteiger partial charge on any atom is 0.410 e. The number of piperidine rings is 1. The number of anilines is 1. The minimum absolute atomic E-state index is 0.211. The number of para-hydroxylation sites is 1. The Morgan fingerprint density at radius 3 is 2.60 bits per heavy atom. The van der Waals surface area contributed by atoms with Gasteiger partial charge in [-0.05, 0) is 51.2 Å². The van der Waals surface area contributed by atoms with Crippen LogP contribution in [0.5, 0.6) is 11.8 Å². The van der Waals surface area contributed by atoms with Crippen molar-refractivity contribution >= 4 is 17.7 Å². The van der Waals surface area contributed by atoms with Crippen molar-refractivity contribution in [1.82, 2.24) is 24.5 Å². The summed E-state index contributed by atoms with van der Waals surface area (Å²) in [6.07, 6.45) is 2.84. The van der Waals surface area contributed by atoms with E-state index in [2.05, 4.69) is 24.3 Å². The minimum atomic E-state index is -0.555. The molecule has 10 heteroatoms. The first-order valence-electron chi connectivity index (χ1n) is 14.5. The lowest BCUT2D eigenvalue weighted by Crippen LogP contribution is -2.46. The molecule has 1 atom stereocenters. The summed E-state index contributed by atoms with van der Waals surface area (Å²) in [4.78, 5) is 23.8. The molecule has 1 N–H and O–H groups in total. The van der Waals surface area contributed by atoms with Crippen LogP contribution in [0.3, 0.4) is 0 Å². The number of nitrogens with one attached hydrogen (secondary N) is 1. The van der Waals surface area contributed by atoms with E-state index in [1.165, 1.54) is 0 Å². The van der Waals surface area contributed by atoms with Crippen molar-refractivity contribution in [3.63, 3.8) is 0 Å². The Balaban J connectivity index is 1.34. The molecule has 1 aliphatic rings. The molecule has 222 valence electrons. The summed E-state index contributed by atoms with van der Waals surface area (Å²) in [5.41, 5.74) is 3.21. The van der Waals surface area contributed by atoms with Crippen LogP contribution in [0.4, 0.5) is 10.7 Å². The van der Waals surface area contributed by atoms with Gasteiger partial charge in [-0.1, -0.05) is 62.4 Å². The normalized spacial score (nSPS) is 15.6. The Morgan fingerprint density at radius 1 is 1.07 bits per heavy atom. The zero-order valence-electron chi connectivity index (χ0n) is 25.0. The highest BCUT2D eigenvalue weighted by Crippen LogP contribution is 2.26. The molecule has 1 aliphatic heterocycles.